The summed E-state index contributed by atoms with van der Waals surface area (Å²) < 4.78 is 13.0. The molecule has 0 atom stereocenters. The fourth-order valence-corrected chi connectivity index (χ4v) is 2.46. The van der Waals surface area contributed by atoms with Crippen molar-refractivity contribution in [1.29, 1.82) is 0 Å². The van der Waals surface area contributed by atoms with Crippen molar-refractivity contribution in [3.63, 3.8) is 0 Å². The molecular formula is C14H11ClFN. The summed E-state index contributed by atoms with van der Waals surface area (Å²) in [4.78, 5) is 0. The van der Waals surface area contributed by atoms with E-state index in [1.54, 1.807) is 6.07 Å². The molecule has 1 aliphatic heterocycles. The van der Waals surface area contributed by atoms with Crippen molar-refractivity contribution in [2.45, 2.75) is 6.42 Å². The summed E-state index contributed by atoms with van der Waals surface area (Å²) in [5, 5.41) is 3.77. The molecule has 3 rings (SSSR count). The molecule has 0 spiro atoms. The van der Waals surface area contributed by atoms with Crippen LogP contribution in [0.5, 0.6) is 0 Å². The fraction of sp³-hybridized carbons (Fsp3) is 0.143. The summed E-state index contributed by atoms with van der Waals surface area (Å²) in [7, 11) is 0. The van der Waals surface area contributed by atoms with Gasteiger partial charge in [0.2, 0.25) is 0 Å². The van der Waals surface area contributed by atoms with Gasteiger partial charge in [-0.05, 0) is 41.8 Å². The van der Waals surface area contributed by atoms with Crippen LogP contribution in [0.25, 0.3) is 11.1 Å². The first-order chi connectivity index (χ1) is 8.24. The number of hydrogen-bond acceptors (Lipinski definition) is 1. The van der Waals surface area contributed by atoms with Crippen molar-refractivity contribution >= 4 is 17.3 Å². The van der Waals surface area contributed by atoms with Gasteiger partial charge in [-0.25, -0.2) is 4.39 Å². The van der Waals surface area contributed by atoms with E-state index in [-0.39, 0.29) is 5.82 Å². The van der Waals surface area contributed by atoms with Crippen LogP contribution in [0, 0.1) is 5.82 Å². The lowest BCUT2D eigenvalue weighted by molar-refractivity contribution is 0.628. The van der Waals surface area contributed by atoms with Gasteiger partial charge in [0.25, 0.3) is 0 Å². The molecule has 2 aromatic rings. The van der Waals surface area contributed by atoms with Gasteiger partial charge in [-0.1, -0.05) is 23.7 Å². The maximum Gasteiger partial charge on any atom is 0.124 e. The first-order valence-corrected chi connectivity index (χ1v) is 5.94. The van der Waals surface area contributed by atoms with Crippen molar-refractivity contribution in [2.24, 2.45) is 0 Å². The normalized spacial score (nSPS) is 13.3. The van der Waals surface area contributed by atoms with Crippen molar-refractivity contribution in [2.75, 3.05) is 11.9 Å². The molecule has 86 valence electrons. The minimum absolute atomic E-state index is 0.307. The minimum Gasteiger partial charge on any atom is -0.384 e. The Balaban J connectivity index is 2.09. The Kier molecular flexibility index (Phi) is 2.52. The molecule has 0 unspecified atom stereocenters. The van der Waals surface area contributed by atoms with Crippen LogP contribution in [0.2, 0.25) is 5.02 Å². The molecule has 3 heteroatoms. The van der Waals surface area contributed by atoms with E-state index in [0.717, 1.165) is 29.8 Å². The van der Waals surface area contributed by atoms with Crippen molar-refractivity contribution < 1.29 is 4.39 Å². The molecule has 17 heavy (non-hydrogen) atoms. The Morgan fingerprint density at radius 3 is 2.82 bits per heavy atom. The minimum atomic E-state index is -0.307. The summed E-state index contributed by atoms with van der Waals surface area (Å²) in [6.45, 7) is 0.982. The van der Waals surface area contributed by atoms with Gasteiger partial charge in [-0.3, -0.25) is 0 Å². The highest BCUT2D eigenvalue weighted by Gasteiger charge is 2.12. The molecular weight excluding hydrogens is 237 g/mol. The Hall–Kier alpha value is -1.54. The Bertz CT molecular complexity index is 580. The van der Waals surface area contributed by atoms with Gasteiger partial charge >= 0.3 is 0 Å². The van der Waals surface area contributed by atoms with Gasteiger partial charge in [0.1, 0.15) is 5.82 Å². The molecule has 0 radical (unpaired) electrons. The summed E-state index contributed by atoms with van der Waals surface area (Å²) >= 11 is 6.05. The van der Waals surface area contributed by atoms with E-state index >= 15 is 0 Å². The van der Waals surface area contributed by atoms with Crippen LogP contribution in [0.3, 0.4) is 0 Å². The van der Waals surface area contributed by atoms with E-state index in [9.17, 15) is 4.39 Å². The third-order valence-corrected chi connectivity index (χ3v) is 3.37. The standard InChI is InChI=1S/C14H11ClFN/c15-13-8-11(16)3-4-12(13)10-2-1-9-5-6-17-14(9)7-10/h1-4,7-8,17H,5-6H2. The number of benzene rings is 2. The maximum absolute atomic E-state index is 13.0. The average Bonchev–Trinajstić information content (AvgIpc) is 2.75. The molecule has 0 bridgehead atoms. The topological polar surface area (TPSA) is 12.0 Å². The van der Waals surface area contributed by atoms with E-state index in [1.807, 2.05) is 6.07 Å². The average molecular weight is 248 g/mol. The molecule has 2 aromatic carbocycles. The van der Waals surface area contributed by atoms with E-state index in [2.05, 4.69) is 17.4 Å². The van der Waals surface area contributed by atoms with Crippen LogP contribution in [0.15, 0.2) is 36.4 Å². The first kappa shape index (κ1) is 10.6. The molecule has 1 aliphatic rings. The van der Waals surface area contributed by atoms with Crippen molar-refractivity contribution in [3.8, 4) is 11.1 Å². The molecule has 0 saturated carbocycles. The molecule has 0 aromatic heterocycles. The van der Waals surface area contributed by atoms with Gasteiger partial charge in [0, 0.05) is 17.8 Å². The van der Waals surface area contributed by atoms with Gasteiger partial charge in [-0.2, -0.15) is 0 Å². The lowest BCUT2D eigenvalue weighted by Crippen LogP contribution is -1.91. The quantitative estimate of drug-likeness (QED) is 0.800. The predicted octanol–water partition coefficient (Wildman–Crippen LogP) is 4.11. The molecule has 1 heterocycles. The molecule has 1 nitrogen and oxygen atoms in total. The number of anilines is 1. The van der Waals surface area contributed by atoms with Gasteiger partial charge in [-0.15, -0.1) is 0 Å². The molecule has 0 aliphatic carbocycles. The third-order valence-electron chi connectivity index (χ3n) is 3.06. The number of rotatable bonds is 1. The highest BCUT2D eigenvalue weighted by atomic mass is 35.5. The summed E-state index contributed by atoms with van der Waals surface area (Å²) in [5.41, 5.74) is 4.36. The zero-order chi connectivity index (χ0) is 11.8. The smallest absolute Gasteiger partial charge is 0.124 e. The molecule has 1 N–H and O–H groups in total. The van der Waals surface area contributed by atoms with Gasteiger partial charge in [0.05, 0.1) is 5.02 Å². The van der Waals surface area contributed by atoms with Crippen molar-refractivity contribution in [1.82, 2.24) is 0 Å². The van der Waals surface area contributed by atoms with Crippen LogP contribution in [0.4, 0.5) is 10.1 Å². The van der Waals surface area contributed by atoms with Gasteiger partial charge < -0.3 is 5.32 Å². The highest BCUT2D eigenvalue weighted by Crippen LogP contribution is 2.33. The SMILES string of the molecule is Fc1ccc(-c2ccc3c(c2)NCC3)c(Cl)c1. The monoisotopic (exact) mass is 247 g/mol. The van der Waals surface area contributed by atoms with E-state index in [4.69, 9.17) is 11.6 Å². The number of fused-ring (bicyclic) bond motifs is 1. The van der Waals surface area contributed by atoms with Crippen LogP contribution in [-0.4, -0.2) is 6.54 Å². The molecule has 0 amide bonds. The first-order valence-electron chi connectivity index (χ1n) is 5.56. The van der Waals surface area contributed by atoms with Crippen LogP contribution in [0.1, 0.15) is 5.56 Å². The zero-order valence-electron chi connectivity index (χ0n) is 9.13. The van der Waals surface area contributed by atoms with E-state index in [1.165, 1.54) is 17.7 Å². The second-order valence-electron chi connectivity index (χ2n) is 4.17. The highest BCUT2D eigenvalue weighted by molar-refractivity contribution is 6.33. The lowest BCUT2D eigenvalue weighted by atomic mass is 10.0. The van der Waals surface area contributed by atoms with Crippen LogP contribution >= 0.6 is 11.6 Å². The van der Waals surface area contributed by atoms with Gasteiger partial charge in [0.15, 0.2) is 0 Å². The van der Waals surface area contributed by atoms with E-state index in [0.29, 0.717) is 5.02 Å². The largest absolute Gasteiger partial charge is 0.384 e. The maximum atomic E-state index is 13.0. The lowest BCUT2D eigenvalue weighted by Gasteiger charge is -2.07. The second-order valence-corrected chi connectivity index (χ2v) is 4.58. The van der Waals surface area contributed by atoms with Crippen LogP contribution in [-0.2, 0) is 6.42 Å². The fourth-order valence-electron chi connectivity index (χ4n) is 2.18. The summed E-state index contributed by atoms with van der Waals surface area (Å²) in [6.07, 6.45) is 1.06. The number of nitrogens with one attached hydrogen (secondary N) is 1. The summed E-state index contributed by atoms with van der Waals surface area (Å²) in [6, 6.07) is 10.7. The number of hydrogen-bond donors (Lipinski definition) is 1. The number of halogens is 2. The Morgan fingerprint density at radius 1 is 1.12 bits per heavy atom. The zero-order valence-corrected chi connectivity index (χ0v) is 9.89. The molecule has 0 saturated heterocycles. The third kappa shape index (κ3) is 1.89. The van der Waals surface area contributed by atoms with Crippen molar-refractivity contribution in [3.05, 3.63) is 52.8 Å². The Labute approximate surface area is 104 Å². The summed E-state index contributed by atoms with van der Waals surface area (Å²) in [5.74, 6) is -0.307. The second kappa shape index (κ2) is 4.04. The van der Waals surface area contributed by atoms with Crippen LogP contribution < -0.4 is 5.32 Å². The Morgan fingerprint density at radius 2 is 2.00 bits per heavy atom. The van der Waals surface area contributed by atoms with E-state index < -0.39 is 0 Å². The predicted molar refractivity (Wildman–Crippen MR) is 69.0 cm³/mol. The molecule has 0 fully saturated rings.